The van der Waals surface area contributed by atoms with E-state index < -0.39 is 17.8 Å². The SMILES string of the molecule is CNCC(=O)NC[C@H]1CC[C@@H]2[C@H](O1)c1cc(C(F)(F)F)ccc1N[C@H]2C1C=CC=CC1. The summed E-state index contributed by atoms with van der Waals surface area (Å²) in [6, 6.07) is 3.94. The molecule has 0 bridgehead atoms. The molecule has 168 valence electrons. The number of hydrogen-bond acceptors (Lipinski definition) is 4. The number of anilines is 1. The van der Waals surface area contributed by atoms with Gasteiger partial charge >= 0.3 is 6.18 Å². The highest BCUT2D eigenvalue weighted by Gasteiger charge is 2.45. The molecule has 1 aromatic rings. The number of alkyl halides is 3. The summed E-state index contributed by atoms with van der Waals surface area (Å²) in [5.41, 5.74) is 0.582. The van der Waals surface area contributed by atoms with Crippen LogP contribution >= 0.6 is 0 Å². The van der Waals surface area contributed by atoms with E-state index in [1.54, 1.807) is 7.05 Å². The van der Waals surface area contributed by atoms with Crippen LogP contribution in [0, 0.1) is 11.8 Å². The van der Waals surface area contributed by atoms with Gasteiger partial charge in [-0.15, -0.1) is 0 Å². The van der Waals surface area contributed by atoms with E-state index in [0.717, 1.165) is 25.3 Å². The number of allylic oxidation sites excluding steroid dienone is 3. The molecule has 1 amide bonds. The first-order valence-electron chi connectivity index (χ1n) is 10.7. The number of amides is 1. The van der Waals surface area contributed by atoms with Gasteiger partial charge in [0, 0.05) is 35.7 Å². The molecule has 0 aromatic heterocycles. The molecule has 0 saturated carbocycles. The molecule has 1 aliphatic carbocycles. The zero-order chi connectivity index (χ0) is 22.0. The Bertz CT molecular complexity index is 868. The number of carbonyl (C=O) groups is 1. The number of carbonyl (C=O) groups excluding carboxylic acids is 1. The van der Waals surface area contributed by atoms with Crippen molar-refractivity contribution in [1.82, 2.24) is 10.6 Å². The van der Waals surface area contributed by atoms with Crippen molar-refractivity contribution in [2.45, 2.75) is 43.7 Å². The first kappa shape index (κ1) is 21.9. The molecule has 3 aliphatic rings. The van der Waals surface area contributed by atoms with Gasteiger partial charge in [0.25, 0.3) is 0 Å². The zero-order valence-corrected chi connectivity index (χ0v) is 17.4. The smallest absolute Gasteiger partial charge is 0.381 e. The summed E-state index contributed by atoms with van der Waals surface area (Å²) in [6.45, 7) is 0.562. The summed E-state index contributed by atoms with van der Waals surface area (Å²) in [7, 11) is 1.69. The molecular weight excluding hydrogens is 407 g/mol. The van der Waals surface area contributed by atoms with Gasteiger partial charge in [-0.05, 0) is 44.5 Å². The van der Waals surface area contributed by atoms with E-state index in [1.807, 2.05) is 12.2 Å². The number of halogens is 3. The van der Waals surface area contributed by atoms with Crippen LogP contribution in [0.15, 0.2) is 42.5 Å². The Morgan fingerprint density at radius 2 is 2.10 bits per heavy atom. The monoisotopic (exact) mass is 435 g/mol. The van der Waals surface area contributed by atoms with Crippen molar-refractivity contribution in [3.63, 3.8) is 0 Å². The molecule has 4 rings (SSSR count). The van der Waals surface area contributed by atoms with Crippen LogP contribution in [0.1, 0.15) is 36.5 Å². The maximum absolute atomic E-state index is 13.4. The Morgan fingerprint density at radius 1 is 1.26 bits per heavy atom. The molecule has 1 unspecified atom stereocenters. The number of hydrogen-bond donors (Lipinski definition) is 3. The Morgan fingerprint density at radius 3 is 2.81 bits per heavy atom. The van der Waals surface area contributed by atoms with Gasteiger partial charge in [0.2, 0.25) is 5.91 Å². The van der Waals surface area contributed by atoms with Crippen LogP contribution in [0.4, 0.5) is 18.9 Å². The van der Waals surface area contributed by atoms with Gasteiger partial charge in [-0.3, -0.25) is 4.79 Å². The lowest BCUT2D eigenvalue weighted by Gasteiger charge is -2.47. The number of fused-ring (bicyclic) bond motifs is 3. The van der Waals surface area contributed by atoms with E-state index >= 15 is 0 Å². The minimum absolute atomic E-state index is 0.0568. The Kier molecular flexibility index (Phi) is 6.39. The average molecular weight is 435 g/mol. The van der Waals surface area contributed by atoms with Crippen molar-refractivity contribution in [3.05, 3.63) is 53.6 Å². The van der Waals surface area contributed by atoms with Crippen LogP contribution in [0.25, 0.3) is 0 Å². The van der Waals surface area contributed by atoms with Gasteiger partial charge in [0.1, 0.15) is 0 Å². The summed E-state index contributed by atoms with van der Waals surface area (Å²) in [5.74, 6) is 0.181. The van der Waals surface area contributed by atoms with Gasteiger partial charge in [0.15, 0.2) is 0 Å². The fraction of sp³-hybridized carbons (Fsp3) is 0.522. The molecule has 1 aromatic carbocycles. The second-order valence-electron chi connectivity index (χ2n) is 8.44. The molecule has 5 nitrogen and oxygen atoms in total. The van der Waals surface area contributed by atoms with Gasteiger partial charge in [-0.25, -0.2) is 0 Å². The minimum Gasteiger partial charge on any atom is -0.381 e. The van der Waals surface area contributed by atoms with Crippen LogP contribution in [-0.2, 0) is 15.7 Å². The van der Waals surface area contributed by atoms with Crippen molar-refractivity contribution < 1.29 is 22.7 Å². The maximum atomic E-state index is 13.4. The quantitative estimate of drug-likeness (QED) is 0.658. The summed E-state index contributed by atoms with van der Waals surface area (Å²) in [6.07, 6.45) is 5.69. The predicted molar refractivity (Wildman–Crippen MR) is 113 cm³/mol. The summed E-state index contributed by atoms with van der Waals surface area (Å²) in [4.78, 5) is 11.8. The largest absolute Gasteiger partial charge is 0.416 e. The molecule has 0 radical (unpaired) electrons. The number of nitrogens with one attached hydrogen (secondary N) is 3. The molecule has 31 heavy (non-hydrogen) atoms. The number of likely N-dealkylation sites (N-methyl/N-ethyl adjacent to an activating group) is 1. The lowest BCUT2D eigenvalue weighted by molar-refractivity contribution is -0.138. The predicted octanol–water partition coefficient (Wildman–Crippen LogP) is 3.80. The molecule has 3 N–H and O–H groups in total. The van der Waals surface area contributed by atoms with Gasteiger partial charge in [-0.2, -0.15) is 13.2 Å². The zero-order valence-electron chi connectivity index (χ0n) is 17.4. The first-order valence-corrected chi connectivity index (χ1v) is 10.7. The molecular formula is C23H28F3N3O2. The normalized spacial score (nSPS) is 29.6. The third-order valence-electron chi connectivity index (χ3n) is 6.36. The van der Waals surface area contributed by atoms with Crippen LogP contribution in [-0.4, -0.2) is 38.2 Å². The summed E-state index contributed by atoms with van der Waals surface area (Å²) in [5, 5.41) is 9.15. The molecule has 8 heteroatoms. The number of rotatable bonds is 5. The van der Waals surface area contributed by atoms with Crippen molar-refractivity contribution in [2.24, 2.45) is 11.8 Å². The van der Waals surface area contributed by atoms with E-state index in [2.05, 4.69) is 28.1 Å². The maximum Gasteiger partial charge on any atom is 0.416 e. The fourth-order valence-corrected chi connectivity index (χ4v) is 4.86. The summed E-state index contributed by atoms with van der Waals surface area (Å²) >= 11 is 0. The van der Waals surface area contributed by atoms with Crippen LogP contribution in [0.3, 0.4) is 0 Å². The molecule has 1 fully saturated rings. The topological polar surface area (TPSA) is 62.4 Å². The van der Waals surface area contributed by atoms with Gasteiger partial charge in [0.05, 0.1) is 24.3 Å². The Balaban J connectivity index is 1.60. The van der Waals surface area contributed by atoms with E-state index in [9.17, 15) is 18.0 Å². The van der Waals surface area contributed by atoms with E-state index in [4.69, 9.17) is 4.74 Å². The second kappa shape index (κ2) is 9.04. The highest BCUT2D eigenvalue weighted by Crippen LogP contribution is 2.49. The van der Waals surface area contributed by atoms with E-state index in [-0.39, 0.29) is 36.4 Å². The molecule has 1 saturated heterocycles. The van der Waals surface area contributed by atoms with E-state index in [0.29, 0.717) is 17.8 Å². The van der Waals surface area contributed by atoms with Crippen LogP contribution in [0.5, 0.6) is 0 Å². The standard InChI is InChI=1S/C23H28F3N3O2/c1-27-13-20(30)28-12-16-8-9-17-21(14-5-3-2-4-6-14)29-19-10-7-15(23(24,25)26)11-18(19)22(17)31-16/h2-5,7,10-11,14,16-17,21-22,27,29H,6,8-9,12-13H2,1H3,(H,28,30)/t14?,16-,17+,21+,22+/m1/s1. The number of benzene rings is 1. The lowest BCUT2D eigenvalue weighted by atomic mass is 9.73. The molecule has 2 heterocycles. The Hall–Kier alpha value is -2.32. The van der Waals surface area contributed by atoms with Crippen molar-refractivity contribution in [2.75, 3.05) is 25.5 Å². The van der Waals surface area contributed by atoms with Crippen molar-refractivity contribution in [1.29, 1.82) is 0 Å². The Labute approximate surface area is 180 Å². The highest BCUT2D eigenvalue weighted by atomic mass is 19.4. The van der Waals surface area contributed by atoms with Gasteiger partial charge in [-0.1, -0.05) is 24.3 Å². The highest BCUT2D eigenvalue weighted by molar-refractivity contribution is 5.77. The molecule has 0 spiro atoms. The third kappa shape index (κ3) is 4.80. The summed E-state index contributed by atoms with van der Waals surface area (Å²) < 4.78 is 46.5. The molecule has 2 aliphatic heterocycles. The average Bonchev–Trinajstić information content (AvgIpc) is 2.77. The minimum atomic E-state index is -4.41. The lowest BCUT2D eigenvalue weighted by Crippen LogP contribution is -2.49. The number of ether oxygens (including phenoxy) is 1. The van der Waals surface area contributed by atoms with Crippen molar-refractivity contribution in [3.8, 4) is 0 Å². The van der Waals surface area contributed by atoms with Crippen molar-refractivity contribution >= 4 is 11.6 Å². The third-order valence-corrected chi connectivity index (χ3v) is 6.36. The van der Waals surface area contributed by atoms with Crippen LogP contribution in [0.2, 0.25) is 0 Å². The first-order chi connectivity index (χ1) is 14.9. The van der Waals surface area contributed by atoms with Gasteiger partial charge < -0.3 is 20.7 Å². The molecule has 5 atom stereocenters. The second-order valence-corrected chi connectivity index (χ2v) is 8.44. The van der Waals surface area contributed by atoms with Crippen LogP contribution < -0.4 is 16.0 Å². The van der Waals surface area contributed by atoms with E-state index in [1.165, 1.54) is 12.1 Å². The fourth-order valence-electron chi connectivity index (χ4n) is 4.86.